The number of carbonyl (C=O) groups is 5. The lowest BCUT2D eigenvalue weighted by Gasteiger charge is -2.21. The zero-order chi connectivity index (χ0) is 23.3. The molecule has 0 aliphatic heterocycles. The van der Waals surface area contributed by atoms with Crippen LogP contribution in [-0.4, -0.2) is 71.4 Å². The van der Waals surface area contributed by atoms with Gasteiger partial charge in [-0.1, -0.05) is 13.8 Å². The number of carboxylic acids is 1. The van der Waals surface area contributed by atoms with Crippen molar-refractivity contribution in [2.75, 3.05) is 18.6 Å². The molecule has 0 heterocycles. The summed E-state index contributed by atoms with van der Waals surface area (Å²) in [4.78, 5) is 58.9. The van der Waals surface area contributed by atoms with E-state index in [1.54, 1.807) is 0 Å². The molecule has 3 atom stereocenters. The van der Waals surface area contributed by atoms with Gasteiger partial charge in [-0.2, -0.15) is 11.8 Å². The maximum Gasteiger partial charge on any atom is 0.326 e. The lowest BCUT2D eigenvalue weighted by Crippen LogP contribution is -2.53. The zero-order valence-electron chi connectivity index (χ0n) is 17.6. The van der Waals surface area contributed by atoms with Crippen LogP contribution >= 0.6 is 11.8 Å². The molecule has 0 aliphatic rings. The maximum absolute atomic E-state index is 12.4. The van der Waals surface area contributed by atoms with E-state index in [0.29, 0.717) is 12.2 Å². The normalized spacial score (nSPS) is 13.8. The van der Waals surface area contributed by atoms with Gasteiger partial charge >= 0.3 is 5.97 Å². The third-order valence-corrected chi connectivity index (χ3v) is 4.69. The number of carboxylic acid groups (broad SMARTS) is 1. The van der Waals surface area contributed by atoms with Crippen molar-refractivity contribution in [3.05, 3.63) is 0 Å². The summed E-state index contributed by atoms with van der Waals surface area (Å²) >= 11 is 1.44. The average molecular weight is 448 g/mol. The van der Waals surface area contributed by atoms with E-state index < -0.39 is 54.3 Å². The van der Waals surface area contributed by atoms with Crippen LogP contribution in [0, 0.1) is 5.92 Å². The van der Waals surface area contributed by atoms with Gasteiger partial charge < -0.3 is 32.5 Å². The second kappa shape index (κ2) is 14.6. The smallest absolute Gasteiger partial charge is 0.326 e. The van der Waals surface area contributed by atoms with Crippen molar-refractivity contribution in [3.63, 3.8) is 0 Å². The van der Waals surface area contributed by atoms with E-state index in [1.807, 2.05) is 20.1 Å². The van der Waals surface area contributed by atoms with E-state index in [0.717, 1.165) is 0 Å². The van der Waals surface area contributed by atoms with Crippen LogP contribution in [0.2, 0.25) is 0 Å². The fraction of sp³-hybridized carbons (Fsp3) is 0.722. The molecule has 0 saturated heterocycles. The molecule has 0 radical (unpaired) electrons. The Kier molecular flexibility index (Phi) is 13.5. The highest BCUT2D eigenvalue weighted by molar-refractivity contribution is 7.98. The fourth-order valence-electron chi connectivity index (χ4n) is 2.48. The standard InChI is InChI=1S/C18H33N5O6S/c1-10(2)8-11(19)16(26)23-12(4-5-14(20)24)17(27)21-9-15(25)22-13(18(28)29)6-7-30-3/h10-13H,4-9,19H2,1-3H3,(H2,20,24)(H,21,27)(H,22,25)(H,23,26)(H,28,29)/t11-,12-,13-/m0/s1. The first kappa shape index (κ1) is 27.7. The summed E-state index contributed by atoms with van der Waals surface area (Å²) in [5.74, 6) is -3.05. The SMILES string of the molecule is CSCC[C@H](NC(=O)CNC(=O)[C@H](CCC(N)=O)NC(=O)[C@@H](N)CC(C)C)C(=O)O. The number of rotatable bonds is 15. The molecule has 0 aromatic rings. The Morgan fingerprint density at radius 3 is 2.13 bits per heavy atom. The van der Waals surface area contributed by atoms with Gasteiger partial charge in [0.2, 0.25) is 23.6 Å². The summed E-state index contributed by atoms with van der Waals surface area (Å²) in [6.07, 6.45) is 2.24. The van der Waals surface area contributed by atoms with Crippen molar-refractivity contribution in [2.45, 2.75) is 57.7 Å². The van der Waals surface area contributed by atoms with Crippen LogP contribution < -0.4 is 27.4 Å². The number of amides is 4. The van der Waals surface area contributed by atoms with Crippen molar-refractivity contribution in [1.29, 1.82) is 0 Å². The van der Waals surface area contributed by atoms with Gasteiger partial charge in [-0.25, -0.2) is 4.79 Å². The summed E-state index contributed by atoms with van der Waals surface area (Å²) in [7, 11) is 0. The topological polar surface area (TPSA) is 194 Å². The van der Waals surface area contributed by atoms with Crippen molar-refractivity contribution in [1.82, 2.24) is 16.0 Å². The number of hydrogen-bond acceptors (Lipinski definition) is 7. The molecule has 0 rings (SSSR count). The molecule has 12 heteroatoms. The second-order valence-electron chi connectivity index (χ2n) is 7.26. The molecule has 0 saturated carbocycles. The molecular weight excluding hydrogens is 414 g/mol. The quantitative estimate of drug-likeness (QED) is 0.175. The van der Waals surface area contributed by atoms with Gasteiger partial charge in [0, 0.05) is 6.42 Å². The summed E-state index contributed by atoms with van der Waals surface area (Å²) < 4.78 is 0. The van der Waals surface area contributed by atoms with Crippen molar-refractivity contribution in [3.8, 4) is 0 Å². The lowest BCUT2D eigenvalue weighted by molar-refractivity contribution is -0.141. The summed E-state index contributed by atoms with van der Waals surface area (Å²) in [5, 5.41) is 16.3. The number of primary amides is 1. The van der Waals surface area contributed by atoms with Gasteiger partial charge in [-0.15, -0.1) is 0 Å². The highest BCUT2D eigenvalue weighted by Crippen LogP contribution is 2.05. The molecule has 0 aromatic carbocycles. The van der Waals surface area contributed by atoms with Crippen LogP contribution in [0.15, 0.2) is 0 Å². The largest absolute Gasteiger partial charge is 0.480 e. The van der Waals surface area contributed by atoms with Crippen molar-refractivity contribution < 1.29 is 29.1 Å². The van der Waals surface area contributed by atoms with Crippen molar-refractivity contribution in [2.24, 2.45) is 17.4 Å². The van der Waals surface area contributed by atoms with E-state index in [2.05, 4.69) is 16.0 Å². The van der Waals surface area contributed by atoms with Gasteiger partial charge in [0.15, 0.2) is 0 Å². The van der Waals surface area contributed by atoms with Crippen LogP contribution in [0.5, 0.6) is 0 Å². The third kappa shape index (κ3) is 12.3. The van der Waals surface area contributed by atoms with Crippen LogP contribution in [0.1, 0.15) is 39.5 Å². The van der Waals surface area contributed by atoms with Crippen LogP contribution in [0.4, 0.5) is 0 Å². The molecule has 8 N–H and O–H groups in total. The molecule has 4 amide bonds. The first-order valence-electron chi connectivity index (χ1n) is 9.60. The van der Waals surface area contributed by atoms with Crippen LogP contribution in [0.25, 0.3) is 0 Å². The van der Waals surface area contributed by atoms with Crippen LogP contribution in [0.3, 0.4) is 0 Å². The van der Waals surface area contributed by atoms with E-state index in [-0.39, 0.29) is 25.2 Å². The van der Waals surface area contributed by atoms with E-state index >= 15 is 0 Å². The van der Waals surface area contributed by atoms with Gasteiger partial charge in [0.1, 0.15) is 12.1 Å². The fourth-order valence-corrected chi connectivity index (χ4v) is 2.95. The van der Waals surface area contributed by atoms with E-state index in [4.69, 9.17) is 16.6 Å². The Morgan fingerprint density at radius 2 is 1.63 bits per heavy atom. The first-order valence-corrected chi connectivity index (χ1v) is 11.0. The molecule has 0 aliphatic carbocycles. The zero-order valence-corrected chi connectivity index (χ0v) is 18.4. The first-order chi connectivity index (χ1) is 14.0. The van der Waals surface area contributed by atoms with Crippen molar-refractivity contribution >= 4 is 41.4 Å². The van der Waals surface area contributed by atoms with E-state index in [1.165, 1.54) is 11.8 Å². The third-order valence-electron chi connectivity index (χ3n) is 4.04. The molecule has 0 spiro atoms. The summed E-state index contributed by atoms with van der Waals surface area (Å²) in [6, 6.07) is -3.01. The number of nitrogens with one attached hydrogen (secondary N) is 3. The monoisotopic (exact) mass is 447 g/mol. The molecule has 0 unspecified atom stereocenters. The average Bonchev–Trinajstić information content (AvgIpc) is 2.65. The maximum atomic E-state index is 12.4. The Balaban J connectivity index is 4.86. The Bertz CT molecular complexity index is 616. The highest BCUT2D eigenvalue weighted by atomic mass is 32.2. The predicted octanol–water partition coefficient (Wildman–Crippen LogP) is -1.45. The predicted molar refractivity (Wildman–Crippen MR) is 113 cm³/mol. The minimum Gasteiger partial charge on any atom is -0.480 e. The summed E-state index contributed by atoms with van der Waals surface area (Å²) in [6.45, 7) is 3.31. The Hall–Kier alpha value is -2.34. The Morgan fingerprint density at radius 1 is 1.00 bits per heavy atom. The lowest BCUT2D eigenvalue weighted by atomic mass is 10.0. The van der Waals surface area contributed by atoms with Crippen LogP contribution in [-0.2, 0) is 24.0 Å². The number of hydrogen-bond donors (Lipinski definition) is 6. The highest BCUT2D eigenvalue weighted by Gasteiger charge is 2.25. The molecule has 30 heavy (non-hydrogen) atoms. The number of nitrogens with two attached hydrogens (primary N) is 2. The second-order valence-corrected chi connectivity index (χ2v) is 8.25. The molecule has 0 fully saturated rings. The Labute approximate surface area is 180 Å². The van der Waals surface area contributed by atoms with Gasteiger partial charge in [0.25, 0.3) is 0 Å². The molecule has 0 aromatic heterocycles. The number of carbonyl (C=O) groups excluding carboxylic acids is 4. The molecular formula is C18H33N5O6S. The summed E-state index contributed by atoms with van der Waals surface area (Å²) in [5.41, 5.74) is 10.9. The van der Waals surface area contributed by atoms with E-state index in [9.17, 15) is 24.0 Å². The molecule has 11 nitrogen and oxygen atoms in total. The number of thioether (sulfide) groups is 1. The van der Waals surface area contributed by atoms with Gasteiger partial charge in [-0.05, 0) is 37.2 Å². The number of aliphatic carboxylic acids is 1. The van der Waals surface area contributed by atoms with Gasteiger partial charge in [0.05, 0.1) is 12.6 Å². The minimum atomic E-state index is -1.17. The van der Waals surface area contributed by atoms with Gasteiger partial charge in [-0.3, -0.25) is 19.2 Å². The molecule has 0 bridgehead atoms. The minimum absolute atomic E-state index is 0.0611. The molecule has 172 valence electrons.